The van der Waals surface area contributed by atoms with Gasteiger partial charge in [-0.25, -0.2) is 0 Å². The van der Waals surface area contributed by atoms with Crippen LogP contribution in [0.5, 0.6) is 0 Å². The summed E-state index contributed by atoms with van der Waals surface area (Å²) in [5, 5.41) is 0. The topological polar surface area (TPSA) is 35.2 Å². The van der Waals surface area contributed by atoms with Crippen molar-refractivity contribution >= 4 is 5.69 Å². The zero-order valence-corrected chi connectivity index (χ0v) is 8.41. The lowest BCUT2D eigenvalue weighted by Crippen LogP contribution is -2.19. The molecular weight excluding hydrogens is 174 g/mol. The van der Waals surface area contributed by atoms with Crippen molar-refractivity contribution < 1.29 is 4.74 Å². The van der Waals surface area contributed by atoms with E-state index < -0.39 is 0 Å². The summed E-state index contributed by atoms with van der Waals surface area (Å²) in [6, 6.07) is 8.12. The molecular formula is C12H17NO. The Morgan fingerprint density at radius 3 is 2.93 bits per heavy atom. The van der Waals surface area contributed by atoms with Crippen LogP contribution in [-0.2, 0) is 11.2 Å². The summed E-state index contributed by atoms with van der Waals surface area (Å²) in [6.07, 6.45) is 3.53. The van der Waals surface area contributed by atoms with Crippen molar-refractivity contribution in [2.75, 3.05) is 18.9 Å². The fourth-order valence-electron chi connectivity index (χ4n) is 2.00. The minimum Gasteiger partial charge on any atom is -0.399 e. The minimum absolute atomic E-state index is 0.661. The van der Waals surface area contributed by atoms with Crippen LogP contribution in [0, 0.1) is 5.92 Å². The maximum Gasteiger partial charge on any atom is 0.0497 e. The van der Waals surface area contributed by atoms with Gasteiger partial charge in [-0.1, -0.05) is 18.2 Å². The van der Waals surface area contributed by atoms with E-state index in [1.54, 1.807) is 0 Å². The van der Waals surface area contributed by atoms with Crippen molar-refractivity contribution in [1.29, 1.82) is 0 Å². The number of hydrogen-bond acceptors (Lipinski definition) is 2. The van der Waals surface area contributed by atoms with Gasteiger partial charge in [0.1, 0.15) is 0 Å². The van der Waals surface area contributed by atoms with Gasteiger partial charge in [0.25, 0.3) is 0 Å². The first kappa shape index (κ1) is 9.53. The molecule has 1 aliphatic heterocycles. The van der Waals surface area contributed by atoms with Gasteiger partial charge >= 0.3 is 0 Å². The predicted octanol–water partition coefficient (Wildman–Crippen LogP) is 2.24. The second-order valence-corrected chi connectivity index (χ2v) is 3.99. The van der Waals surface area contributed by atoms with E-state index in [0.29, 0.717) is 5.92 Å². The van der Waals surface area contributed by atoms with E-state index in [4.69, 9.17) is 10.5 Å². The van der Waals surface area contributed by atoms with Gasteiger partial charge in [0.05, 0.1) is 0 Å². The van der Waals surface area contributed by atoms with Crippen LogP contribution in [0.15, 0.2) is 24.3 Å². The van der Waals surface area contributed by atoms with Crippen LogP contribution < -0.4 is 5.73 Å². The summed E-state index contributed by atoms with van der Waals surface area (Å²) >= 11 is 0. The molecule has 0 aromatic heterocycles. The molecule has 0 aliphatic carbocycles. The summed E-state index contributed by atoms with van der Waals surface area (Å²) in [5.41, 5.74) is 8.08. The third kappa shape index (κ3) is 2.26. The Morgan fingerprint density at radius 2 is 2.21 bits per heavy atom. The minimum atomic E-state index is 0.661. The molecule has 0 radical (unpaired) electrons. The first-order chi connectivity index (χ1) is 6.86. The summed E-state index contributed by atoms with van der Waals surface area (Å²) < 4.78 is 5.45. The van der Waals surface area contributed by atoms with E-state index in [9.17, 15) is 0 Å². The zero-order valence-electron chi connectivity index (χ0n) is 8.41. The normalized spacial score (nSPS) is 22.1. The molecule has 1 unspecified atom stereocenters. The second kappa shape index (κ2) is 4.47. The van der Waals surface area contributed by atoms with Crippen LogP contribution >= 0.6 is 0 Å². The lowest BCUT2D eigenvalue weighted by molar-refractivity contribution is 0.0551. The first-order valence-corrected chi connectivity index (χ1v) is 5.27. The molecule has 1 atom stereocenters. The Bertz CT molecular complexity index is 292. The Labute approximate surface area is 85.1 Å². The molecule has 1 aromatic carbocycles. The third-order valence-electron chi connectivity index (χ3n) is 2.82. The monoisotopic (exact) mass is 191 g/mol. The van der Waals surface area contributed by atoms with Crippen LogP contribution in [0.25, 0.3) is 0 Å². The maximum atomic E-state index is 5.90. The van der Waals surface area contributed by atoms with Gasteiger partial charge < -0.3 is 10.5 Å². The largest absolute Gasteiger partial charge is 0.399 e. The first-order valence-electron chi connectivity index (χ1n) is 5.27. The number of hydrogen-bond donors (Lipinski definition) is 1. The van der Waals surface area contributed by atoms with E-state index in [1.165, 1.54) is 18.4 Å². The molecule has 14 heavy (non-hydrogen) atoms. The number of ether oxygens (including phenoxy) is 1. The van der Waals surface area contributed by atoms with Crippen LogP contribution in [0.3, 0.4) is 0 Å². The Balaban J connectivity index is 1.99. The van der Waals surface area contributed by atoms with Crippen LogP contribution in [0.1, 0.15) is 18.4 Å². The summed E-state index contributed by atoms with van der Waals surface area (Å²) in [4.78, 5) is 0. The van der Waals surface area contributed by atoms with Crippen LogP contribution in [-0.4, -0.2) is 13.2 Å². The predicted molar refractivity (Wildman–Crippen MR) is 58.1 cm³/mol. The smallest absolute Gasteiger partial charge is 0.0497 e. The molecule has 1 aliphatic rings. The van der Waals surface area contributed by atoms with Crippen molar-refractivity contribution in [2.45, 2.75) is 19.3 Å². The molecule has 2 heteroatoms. The van der Waals surface area contributed by atoms with E-state index in [1.807, 2.05) is 12.1 Å². The number of nitrogens with two attached hydrogens (primary N) is 1. The van der Waals surface area contributed by atoms with Crippen LogP contribution in [0.2, 0.25) is 0 Å². The maximum absolute atomic E-state index is 5.90. The lowest BCUT2D eigenvalue weighted by atomic mass is 9.93. The van der Waals surface area contributed by atoms with Crippen LogP contribution in [0.4, 0.5) is 5.69 Å². The van der Waals surface area contributed by atoms with Gasteiger partial charge in [-0.3, -0.25) is 0 Å². The van der Waals surface area contributed by atoms with Gasteiger partial charge in [0.15, 0.2) is 0 Å². The lowest BCUT2D eigenvalue weighted by Gasteiger charge is -2.22. The molecule has 1 saturated heterocycles. The van der Waals surface area contributed by atoms with Crippen molar-refractivity contribution in [2.24, 2.45) is 5.92 Å². The van der Waals surface area contributed by atoms with E-state index in [-0.39, 0.29) is 0 Å². The molecule has 2 rings (SSSR count). The average molecular weight is 191 g/mol. The molecule has 1 heterocycles. The number of benzene rings is 1. The van der Waals surface area contributed by atoms with E-state index >= 15 is 0 Å². The highest BCUT2D eigenvalue weighted by Gasteiger charge is 2.14. The molecule has 0 amide bonds. The van der Waals surface area contributed by atoms with E-state index in [0.717, 1.165) is 25.3 Å². The molecule has 0 saturated carbocycles. The van der Waals surface area contributed by atoms with Gasteiger partial charge in [0, 0.05) is 18.9 Å². The number of nitrogen functional groups attached to an aromatic ring is 1. The summed E-state index contributed by atoms with van der Waals surface area (Å²) in [6.45, 7) is 1.83. The molecule has 0 spiro atoms. The van der Waals surface area contributed by atoms with Crippen molar-refractivity contribution in [3.8, 4) is 0 Å². The Kier molecular flexibility index (Phi) is 3.04. The van der Waals surface area contributed by atoms with Gasteiger partial charge in [-0.2, -0.15) is 0 Å². The molecule has 1 aromatic rings. The highest BCUT2D eigenvalue weighted by Crippen LogP contribution is 2.21. The SMILES string of the molecule is Nc1ccccc1CC1CCCOC1. The van der Waals surface area contributed by atoms with Crippen molar-refractivity contribution in [3.05, 3.63) is 29.8 Å². The molecule has 76 valence electrons. The van der Waals surface area contributed by atoms with Crippen molar-refractivity contribution in [3.63, 3.8) is 0 Å². The van der Waals surface area contributed by atoms with Gasteiger partial charge in [-0.05, 0) is 36.8 Å². The standard InChI is InChI=1S/C12H17NO/c13-12-6-2-1-5-11(12)8-10-4-3-7-14-9-10/h1-2,5-6,10H,3-4,7-9,13H2. The van der Waals surface area contributed by atoms with Gasteiger partial charge in [0.2, 0.25) is 0 Å². The molecule has 2 N–H and O–H groups in total. The third-order valence-corrected chi connectivity index (χ3v) is 2.82. The van der Waals surface area contributed by atoms with Crippen molar-refractivity contribution in [1.82, 2.24) is 0 Å². The molecule has 0 bridgehead atoms. The molecule has 2 nitrogen and oxygen atoms in total. The Hall–Kier alpha value is -1.02. The quantitative estimate of drug-likeness (QED) is 0.728. The number of para-hydroxylation sites is 1. The summed E-state index contributed by atoms with van der Waals surface area (Å²) in [5.74, 6) is 0.661. The number of rotatable bonds is 2. The average Bonchev–Trinajstić information content (AvgIpc) is 2.23. The van der Waals surface area contributed by atoms with E-state index in [2.05, 4.69) is 12.1 Å². The highest BCUT2D eigenvalue weighted by atomic mass is 16.5. The molecule has 1 fully saturated rings. The Morgan fingerprint density at radius 1 is 1.36 bits per heavy atom. The van der Waals surface area contributed by atoms with Gasteiger partial charge in [-0.15, -0.1) is 0 Å². The number of anilines is 1. The fourth-order valence-corrected chi connectivity index (χ4v) is 2.00. The summed E-state index contributed by atoms with van der Waals surface area (Å²) in [7, 11) is 0. The highest BCUT2D eigenvalue weighted by molar-refractivity contribution is 5.46. The zero-order chi connectivity index (χ0) is 9.80. The fraction of sp³-hybridized carbons (Fsp3) is 0.500. The second-order valence-electron chi connectivity index (χ2n) is 3.99.